The molecule has 0 aliphatic carbocycles. The van der Waals surface area contributed by atoms with Crippen LogP contribution in [0.4, 0.5) is 4.39 Å². The Morgan fingerprint density at radius 2 is 2.06 bits per heavy atom. The zero-order valence-electron chi connectivity index (χ0n) is 11.1. The van der Waals surface area contributed by atoms with Gasteiger partial charge in [0.15, 0.2) is 11.6 Å². The summed E-state index contributed by atoms with van der Waals surface area (Å²) >= 11 is 0. The highest BCUT2D eigenvalue weighted by molar-refractivity contribution is 5.31. The number of ether oxygens (including phenoxy) is 1. The zero-order chi connectivity index (χ0) is 13.1. The Morgan fingerprint density at radius 3 is 2.59 bits per heavy atom. The second kappa shape index (κ2) is 5.50. The number of hydrogen-bond acceptors (Lipinski definition) is 2. The lowest BCUT2D eigenvalue weighted by atomic mass is 9.80. The average molecular weight is 239 g/mol. The Morgan fingerprint density at radius 1 is 1.41 bits per heavy atom. The molecule has 1 rings (SSSR count). The minimum atomic E-state index is -0.257. The Hall–Kier alpha value is -1.09. The van der Waals surface area contributed by atoms with E-state index in [1.54, 1.807) is 12.1 Å². The van der Waals surface area contributed by atoms with Crippen LogP contribution in [0.25, 0.3) is 0 Å². The predicted octanol–water partition coefficient (Wildman–Crippen LogP) is 3.14. The summed E-state index contributed by atoms with van der Waals surface area (Å²) in [7, 11) is 1.48. The highest BCUT2D eigenvalue weighted by Gasteiger charge is 2.22. The molecule has 1 aromatic carbocycles. The van der Waals surface area contributed by atoms with Gasteiger partial charge >= 0.3 is 0 Å². The maximum Gasteiger partial charge on any atom is 0.168 e. The fraction of sp³-hybridized carbons (Fsp3) is 0.571. The third-order valence-corrected chi connectivity index (χ3v) is 2.81. The van der Waals surface area contributed by atoms with Gasteiger partial charge in [-0.25, -0.2) is 4.39 Å². The molecule has 0 heterocycles. The van der Waals surface area contributed by atoms with Gasteiger partial charge < -0.3 is 10.5 Å². The molecule has 0 bridgehead atoms. The number of hydrogen-bond donors (Lipinski definition) is 1. The van der Waals surface area contributed by atoms with Crippen LogP contribution in [-0.2, 0) is 6.42 Å². The molecule has 1 atom stereocenters. The maximum atomic E-state index is 14.0. The molecule has 0 saturated heterocycles. The van der Waals surface area contributed by atoms with E-state index in [-0.39, 0.29) is 17.3 Å². The van der Waals surface area contributed by atoms with Crippen molar-refractivity contribution in [1.82, 2.24) is 0 Å². The molecule has 2 nitrogen and oxygen atoms in total. The summed E-state index contributed by atoms with van der Waals surface area (Å²) < 4.78 is 19.0. The van der Waals surface area contributed by atoms with E-state index in [2.05, 4.69) is 13.8 Å². The first-order valence-corrected chi connectivity index (χ1v) is 5.92. The van der Waals surface area contributed by atoms with E-state index < -0.39 is 0 Å². The lowest BCUT2D eigenvalue weighted by molar-refractivity contribution is 0.302. The Bertz CT molecular complexity index is 374. The molecule has 0 radical (unpaired) electrons. The average Bonchev–Trinajstić information content (AvgIpc) is 2.19. The summed E-state index contributed by atoms with van der Waals surface area (Å²) in [6, 6.07) is 5.39. The van der Waals surface area contributed by atoms with Crippen molar-refractivity contribution in [3.05, 3.63) is 29.6 Å². The monoisotopic (exact) mass is 239 g/mol. The zero-order valence-corrected chi connectivity index (χ0v) is 11.1. The Labute approximate surface area is 103 Å². The van der Waals surface area contributed by atoms with Crippen LogP contribution < -0.4 is 10.5 Å². The number of methoxy groups -OCH3 is 1. The van der Waals surface area contributed by atoms with Crippen molar-refractivity contribution in [2.75, 3.05) is 7.11 Å². The van der Waals surface area contributed by atoms with Crippen molar-refractivity contribution >= 4 is 0 Å². The van der Waals surface area contributed by atoms with Crippen molar-refractivity contribution in [2.45, 2.75) is 39.7 Å². The fourth-order valence-electron chi connectivity index (χ4n) is 2.31. The summed E-state index contributed by atoms with van der Waals surface area (Å²) in [6.45, 7) is 6.19. The number of benzene rings is 1. The van der Waals surface area contributed by atoms with Gasteiger partial charge in [0.25, 0.3) is 0 Å². The summed E-state index contributed by atoms with van der Waals surface area (Å²) in [6.07, 6.45) is 1.53. The molecule has 0 aromatic heterocycles. The third kappa shape index (κ3) is 4.00. The molecule has 1 unspecified atom stereocenters. The van der Waals surface area contributed by atoms with E-state index in [9.17, 15) is 4.39 Å². The van der Waals surface area contributed by atoms with Gasteiger partial charge in [-0.05, 0) is 36.8 Å². The smallest absolute Gasteiger partial charge is 0.168 e. The summed E-state index contributed by atoms with van der Waals surface area (Å²) in [5.74, 6) is 0.0480. The first-order valence-electron chi connectivity index (χ1n) is 5.92. The van der Waals surface area contributed by atoms with Crippen molar-refractivity contribution in [3.63, 3.8) is 0 Å². The standard InChI is InChI=1S/C14H22FNO/c1-10(16)8-14(2,3)9-11-6-5-7-12(17-4)13(11)15/h5-7,10H,8-9,16H2,1-4H3. The van der Waals surface area contributed by atoms with Gasteiger partial charge in [-0.3, -0.25) is 0 Å². The molecule has 0 spiro atoms. The van der Waals surface area contributed by atoms with Gasteiger partial charge in [0.2, 0.25) is 0 Å². The van der Waals surface area contributed by atoms with Crippen LogP contribution in [0.15, 0.2) is 18.2 Å². The van der Waals surface area contributed by atoms with Crippen LogP contribution in [0.1, 0.15) is 32.8 Å². The van der Waals surface area contributed by atoms with Crippen LogP contribution >= 0.6 is 0 Å². The van der Waals surface area contributed by atoms with Crippen molar-refractivity contribution in [3.8, 4) is 5.75 Å². The van der Waals surface area contributed by atoms with Crippen LogP contribution in [0.2, 0.25) is 0 Å². The predicted molar refractivity (Wildman–Crippen MR) is 68.7 cm³/mol. The highest BCUT2D eigenvalue weighted by atomic mass is 19.1. The molecule has 2 N–H and O–H groups in total. The summed E-state index contributed by atoms with van der Waals surface area (Å²) in [5.41, 5.74) is 6.49. The van der Waals surface area contributed by atoms with E-state index in [4.69, 9.17) is 10.5 Å². The molecule has 0 amide bonds. The molecule has 0 saturated carbocycles. The van der Waals surface area contributed by atoms with E-state index in [1.165, 1.54) is 7.11 Å². The first-order chi connectivity index (χ1) is 7.85. The highest BCUT2D eigenvalue weighted by Crippen LogP contribution is 2.30. The van der Waals surface area contributed by atoms with Crippen LogP contribution in [0.3, 0.4) is 0 Å². The van der Waals surface area contributed by atoms with E-state index in [0.29, 0.717) is 17.7 Å². The molecule has 1 aromatic rings. The van der Waals surface area contributed by atoms with E-state index in [0.717, 1.165) is 6.42 Å². The van der Waals surface area contributed by atoms with Gasteiger partial charge in [-0.1, -0.05) is 26.0 Å². The topological polar surface area (TPSA) is 35.2 Å². The van der Waals surface area contributed by atoms with Crippen LogP contribution in [0, 0.1) is 11.2 Å². The first kappa shape index (κ1) is 14.0. The normalized spacial score (nSPS) is 13.5. The van der Waals surface area contributed by atoms with Gasteiger partial charge in [-0.2, -0.15) is 0 Å². The Balaban J connectivity index is 2.88. The number of rotatable bonds is 5. The Kier molecular flexibility index (Phi) is 4.52. The van der Waals surface area contributed by atoms with Crippen LogP contribution in [0.5, 0.6) is 5.75 Å². The molecule has 0 aliphatic rings. The van der Waals surface area contributed by atoms with Crippen molar-refractivity contribution in [2.24, 2.45) is 11.1 Å². The summed E-state index contributed by atoms with van der Waals surface area (Å²) in [4.78, 5) is 0. The fourth-order valence-corrected chi connectivity index (χ4v) is 2.31. The van der Waals surface area contributed by atoms with Crippen LogP contribution in [-0.4, -0.2) is 13.2 Å². The SMILES string of the molecule is COc1cccc(CC(C)(C)CC(C)N)c1F. The lowest BCUT2D eigenvalue weighted by Crippen LogP contribution is -2.27. The van der Waals surface area contributed by atoms with Gasteiger partial charge in [-0.15, -0.1) is 0 Å². The molecular weight excluding hydrogens is 217 g/mol. The minimum Gasteiger partial charge on any atom is -0.494 e. The van der Waals surface area contributed by atoms with Gasteiger partial charge in [0.05, 0.1) is 7.11 Å². The lowest BCUT2D eigenvalue weighted by Gasteiger charge is -2.27. The number of halogens is 1. The van der Waals surface area contributed by atoms with Crippen molar-refractivity contribution in [1.29, 1.82) is 0 Å². The van der Waals surface area contributed by atoms with E-state index in [1.807, 2.05) is 13.0 Å². The largest absolute Gasteiger partial charge is 0.494 e. The molecular formula is C14H22FNO. The molecule has 0 aliphatic heterocycles. The van der Waals surface area contributed by atoms with Crippen molar-refractivity contribution < 1.29 is 9.13 Å². The van der Waals surface area contributed by atoms with Gasteiger partial charge in [0.1, 0.15) is 0 Å². The molecule has 96 valence electrons. The second-order valence-corrected chi connectivity index (χ2v) is 5.46. The third-order valence-electron chi connectivity index (χ3n) is 2.81. The number of nitrogens with two attached hydrogens (primary N) is 1. The quantitative estimate of drug-likeness (QED) is 0.856. The van der Waals surface area contributed by atoms with Gasteiger partial charge in [0, 0.05) is 6.04 Å². The van der Waals surface area contributed by atoms with E-state index >= 15 is 0 Å². The second-order valence-electron chi connectivity index (χ2n) is 5.46. The molecule has 17 heavy (non-hydrogen) atoms. The minimum absolute atomic E-state index is 0.0125. The molecule has 3 heteroatoms. The maximum absolute atomic E-state index is 14.0. The molecule has 0 fully saturated rings. The summed E-state index contributed by atoms with van der Waals surface area (Å²) in [5, 5.41) is 0.